The van der Waals surface area contributed by atoms with E-state index in [2.05, 4.69) is 45.5 Å². The number of rotatable bonds is 3. The second-order valence-corrected chi connectivity index (χ2v) is 8.59. The van der Waals surface area contributed by atoms with E-state index in [-0.39, 0.29) is 18.4 Å². The van der Waals surface area contributed by atoms with Crippen molar-refractivity contribution < 1.29 is 4.79 Å². The highest BCUT2D eigenvalue weighted by Crippen LogP contribution is 2.36. The van der Waals surface area contributed by atoms with Gasteiger partial charge in [-0.25, -0.2) is 0 Å². The standard InChI is InChI=1S/C22H29N3O.ClH/c26-22(13-15-11-17-8-9-18(12-15)23-17)25-10-4-3-7-21(25)20-14-16-5-1-2-6-19(16)24-20;/h1-2,5-6,14-15,17-18,21,23-24H,3-4,7-13H2;1H. The number of aromatic amines is 1. The topological polar surface area (TPSA) is 48.1 Å². The highest BCUT2D eigenvalue weighted by atomic mass is 35.5. The van der Waals surface area contributed by atoms with Gasteiger partial charge in [0.1, 0.15) is 0 Å². The molecule has 5 heteroatoms. The largest absolute Gasteiger partial charge is 0.357 e. The molecule has 1 aromatic carbocycles. The average Bonchev–Trinajstić information content (AvgIpc) is 3.24. The van der Waals surface area contributed by atoms with Crippen LogP contribution in [0.5, 0.6) is 0 Å². The minimum Gasteiger partial charge on any atom is -0.357 e. The Kier molecular flexibility index (Phi) is 5.47. The van der Waals surface area contributed by atoms with Crippen molar-refractivity contribution in [1.29, 1.82) is 0 Å². The Morgan fingerprint density at radius 1 is 1.07 bits per heavy atom. The van der Waals surface area contributed by atoms with Gasteiger partial charge in [0.05, 0.1) is 6.04 Å². The van der Waals surface area contributed by atoms with Crippen LogP contribution in [0.3, 0.4) is 0 Å². The molecule has 3 saturated heterocycles. The van der Waals surface area contributed by atoms with Crippen molar-refractivity contribution in [1.82, 2.24) is 15.2 Å². The molecule has 1 aromatic heterocycles. The van der Waals surface area contributed by atoms with Crippen LogP contribution in [0.4, 0.5) is 0 Å². The third kappa shape index (κ3) is 3.74. The van der Waals surface area contributed by atoms with Gasteiger partial charge in [0.15, 0.2) is 0 Å². The zero-order chi connectivity index (χ0) is 17.5. The maximum absolute atomic E-state index is 13.2. The Balaban J connectivity index is 0.00000180. The minimum absolute atomic E-state index is 0. The summed E-state index contributed by atoms with van der Waals surface area (Å²) in [5, 5.41) is 4.94. The van der Waals surface area contributed by atoms with Crippen LogP contribution in [0.25, 0.3) is 10.9 Å². The molecule has 3 aliphatic rings. The number of carbonyl (C=O) groups excluding carboxylic acids is 1. The summed E-state index contributed by atoms with van der Waals surface area (Å²) < 4.78 is 0. The second-order valence-electron chi connectivity index (χ2n) is 8.59. The molecular formula is C22H30ClN3O. The van der Waals surface area contributed by atoms with E-state index in [1.54, 1.807) is 0 Å². The van der Waals surface area contributed by atoms with Crippen LogP contribution in [0.2, 0.25) is 0 Å². The van der Waals surface area contributed by atoms with Crippen LogP contribution >= 0.6 is 12.4 Å². The van der Waals surface area contributed by atoms with Gasteiger partial charge in [-0.05, 0) is 68.4 Å². The maximum Gasteiger partial charge on any atom is 0.223 e. The summed E-state index contributed by atoms with van der Waals surface area (Å²) in [4.78, 5) is 18.9. The minimum atomic E-state index is 0. The summed E-state index contributed by atoms with van der Waals surface area (Å²) in [6.07, 6.45) is 9.15. The van der Waals surface area contributed by atoms with E-state index >= 15 is 0 Å². The molecule has 3 unspecified atom stereocenters. The molecule has 2 bridgehead atoms. The number of nitrogens with zero attached hydrogens (tertiary/aromatic N) is 1. The molecule has 0 saturated carbocycles. The Morgan fingerprint density at radius 3 is 2.63 bits per heavy atom. The number of piperidine rings is 2. The Hall–Kier alpha value is -1.52. The first-order chi connectivity index (χ1) is 12.8. The van der Waals surface area contributed by atoms with Gasteiger partial charge < -0.3 is 15.2 Å². The van der Waals surface area contributed by atoms with Crippen molar-refractivity contribution in [3.63, 3.8) is 0 Å². The summed E-state index contributed by atoms with van der Waals surface area (Å²) in [6.45, 7) is 0.913. The van der Waals surface area contributed by atoms with E-state index in [0.717, 1.165) is 25.8 Å². The molecule has 0 aliphatic carbocycles. The molecule has 3 atom stereocenters. The lowest BCUT2D eigenvalue weighted by atomic mass is 9.88. The SMILES string of the molecule is Cl.O=C(CC1CC2CCC(C1)N2)N1CCCCC1c1cc2ccccc2[nH]1. The number of halogens is 1. The Bertz CT molecular complexity index is 759. The molecule has 4 heterocycles. The maximum atomic E-state index is 13.2. The number of fused-ring (bicyclic) bond motifs is 3. The third-order valence-corrected chi connectivity index (χ3v) is 6.77. The zero-order valence-electron chi connectivity index (χ0n) is 15.8. The van der Waals surface area contributed by atoms with E-state index in [9.17, 15) is 4.79 Å². The van der Waals surface area contributed by atoms with Gasteiger partial charge >= 0.3 is 0 Å². The molecule has 3 fully saturated rings. The first-order valence-corrected chi connectivity index (χ1v) is 10.4. The monoisotopic (exact) mass is 387 g/mol. The number of likely N-dealkylation sites (tertiary alicyclic amines) is 1. The van der Waals surface area contributed by atoms with E-state index in [4.69, 9.17) is 0 Å². The molecular weight excluding hydrogens is 358 g/mol. The lowest BCUT2D eigenvalue weighted by Gasteiger charge is -2.37. The van der Waals surface area contributed by atoms with Gasteiger partial charge in [-0.1, -0.05) is 18.2 Å². The highest BCUT2D eigenvalue weighted by Gasteiger charge is 2.36. The fraction of sp³-hybridized carbons (Fsp3) is 0.591. The van der Waals surface area contributed by atoms with Crippen LogP contribution in [0.1, 0.15) is 63.1 Å². The third-order valence-electron chi connectivity index (χ3n) is 6.77. The van der Waals surface area contributed by atoms with Crippen LogP contribution in [-0.2, 0) is 4.79 Å². The zero-order valence-corrected chi connectivity index (χ0v) is 16.6. The van der Waals surface area contributed by atoms with Gasteiger partial charge in [0.25, 0.3) is 0 Å². The predicted molar refractivity (Wildman–Crippen MR) is 111 cm³/mol. The van der Waals surface area contributed by atoms with Crippen molar-refractivity contribution in [3.05, 3.63) is 36.0 Å². The Morgan fingerprint density at radius 2 is 1.85 bits per heavy atom. The number of H-pyrrole nitrogens is 1. The molecule has 2 aromatic rings. The van der Waals surface area contributed by atoms with Crippen molar-refractivity contribution in [3.8, 4) is 0 Å². The predicted octanol–water partition coefficient (Wildman–Crippen LogP) is 4.56. The molecule has 27 heavy (non-hydrogen) atoms. The van der Waals surface area contributed by atoms with Crippen LogP contribution in [-0.4, -0.2) is 34.4 Å². The van der Waals surface area contributed by atoms with Crippen molar-refractivity contribution >= 4 is 29.2 Å². The van der Waals surface area contributed by atoms with E-state index < -0.39 is 0 Å². The average molecular weight is 388 g/mol. The molecule has 4 nitrogen and oxygen atoms in total. The van der Waals surface area contributed by atoms with Gasteiger partial charge in [-0.3, -0.25) is 4.79 Å². The summed E-state index contributed by atoms with van der Waals surface area (Å²) in [5.74, 6) is 0.950. The van der Waals surface area contributed by atoms with Gasteiger partial charge in [-0.15, -0.1) is 12.4 Å². The highest BCUT2D eigenvalue weighted by molar-refractivity contribution is 5.85. The van der Waals surface area contributed by atoms with Crippen LogP contribution in [0, 0.1) is 5.92 Å². The van der Waals surface area contributed by atoms with Crippen molar-refractivity contribution in [2.24, 2.45) is 5.92 Å². The summed E-state index contributed by atoms with van der Waals surface area (Å²) in [6, 6.07) is 12.2. The molecule has 0 spiro atoms. The number of hydrogen-bond donors (Lipinski definition) is 2. The lowest BCUT2D eigenvalue weighted by molar-refractivity contribution is -0.136. The van der Waals surface area contributed by atoms with E-state index in [0.29, 0.717) is 23.9 Å². The van der Waals surface area contributed by atoms with Crippen molar-refractivity contribution in [2.45, 2.75) is 69.5 Å². The molecule has 1 amide bonds. The molecule has 0 radical (unpaired) electrons. The van der Waals surface area contributed by atoms with Crippen LogP contribution < -0.4 is 5.32 Å². The van der Waals surface area contributed by atoms with Crippen molar-refractivity contribution in [2.75, 3.05) is 6.54 Å². The summed E-state index contributed by atoms with van der Waals surface area (Å²) in [5.41, 5.74) is 2.39. The number of carbonyl (C=O) groups is 1. The number of benzene rings is 1. The first kappa shape index (κ1) is 18.8. The number of aromatic nitrogens is 1. The van der Waals surface area contributed by atoms with Gasteiger partial charge in [0, 0.05) is 36.3 Å². The molecule has 5 rings (SSSR count). The molecule has 3 aliphatic heterocycles. The number of amides is 1. The number of para-hydroxylation sites is 1. The lowest BCUT2D eigenvalue weighted by Crippen LogP contribution is -2.42. The molecule has 146 valence electrons. The first-order valence-electron chi connectivity index (χ1n) is 10.4. The second kappa shape index (κ2) is 7.84. The molecule has 2 N–H and O–H groups in total. The summed E-state index contributed by atoms with van der Waals surface area (Å²) in [7, 11) is 0. The van der Waals surface area contributed by atoms with Gasteiger partial charge in [-0.2, -0.15) is 0 Å². The number of hydrogen-bond acceptors (Lipinski definition) is 2. The normalized spacial score (nSPS) is 30.3. The quantitative estimate of drug-likeness (QED) is 0.810. The summed E-state index contributed by atoms with van der Waals surface area (Å²) >= 11 is 0. The fourth-order valence-corrected chi connectivity index (χ4v) is 5.53. The van der Waals surface area contributed by atoms with Gasteiger partial charge in [0.2, 0.25) is 5.91 Å². The van der Waals surface area contributed by atoms with E-state index in [1.807, 2.05) is 0 Å². The Labute approximate surface area is 167 Å². The number of nitrogens with one attached hydrogen (secondary N) is 2. The van der Waals surface area contributed by atoms with Crippen LogP contribution in [0.15, 0.2) is 30.3 Å². The fourth-order valence-electron chi connectivity index (χ4n) is 5.53. The van der Waals surface area contributed by atoms with E-state index in [1.165, 1.54) is 48.7 Å². The smallest absolute Gasteiger partial charge is 0.223 e.